The zero-order valence-electron chi connectivity index (χ0n) is 16.1. The number of hydrogen-bond acceptors (Lipinski definition) is 5. The van der Waals surface area contributed by atoms with E-state index in [1.165, 1.54) is 4.90 Å². The lowest BCUT2D eigenvalue weighted by Crippen LogP contribution is -2.39. The van der Waals surface area contributed by atoms with E-state index < -0.39 is 6.10 Å². The van der Waals surface area contributed by atoms with Gasteiger partial charge in [0.05, 0.1) is 11.6 Å². The van der Waals surface area contributed by atoms with Crippen LogP contribution in [-0.2, 0) is 11.3 Å². The van der Waals surface area contributed by atoms with Crippen molar-refractivity contribution in [3.8, 4) is 17.1 Å². The van der Waals surface area contributed by atoms with Gasteiger partial charge in [-0.3, -0.25) is 4.79 Å². The average Bonchev–Trinajstić information content (AvgIpc) is 3.15. The van der Waals surface area contributed by atoms with Crippen molar-refractivity contribution >= 4 is 17.5 Å². The lowest BCUT2D eigenvalue weighted by molar-refractivity contribution is -0.138. The molecule has 1 amide bonds. The maximum Gasteiger partial charge on any atom is 0.263 e. The summed E-state index contributed by atoms with van der Waals surface area (Å²) >= 11 is 6.13. The van der Waals surface area contributed by atoms with Gasteiger partial charge < -0.3 is 14.2 Å². The summed E-state index contributed by atoms with van der Waals surface area (Å²) in [5.74, 6) is 1.16. The number of aromatic nitrogens is 2. The van der Waals surface area contributed by atoms with Crippen LogP contribution in [0.1, 0.15) is 24.8 Å². The van der Waals surface area contributed by atoms with Gasteiger partial charge in [0.1, 0.15) is 5.75 Å². The Morgan fingerprint density at radius 3 is 2.75 bits per heavy atom. The predicted molar refractivity (Wildman–Crippen MR) is 107 cm³/mol. The molecule has 6 nitrogen and oxygen atoms in total. The zero-order valence-corrected chi connectivity index (χ0v) is 16.8. The monoisotopic (exact) mass is 399 g/mol. The molecule has 1 atom stereocenters. The van der Waals surface area contributed by atoms with Crippen LogP contribution in [0.2, 0.25) is 5.02 Å². The molecule has 0 spiro atoms. The first kappa shape index (κ1) is 19.9. The highest BCUT2D eigenvalue weighted by atomic mass is 35.5. The van der Waals surface area contributed by atoms with Crippen molar-refractivity contribution in [2.24, 2.45) is 0 Å². The standard InChI is InChI=1S/C21H22ClN3O3/c1-4-17(27-18-11-6-5-10-16(18)22)21(26)25(3)13-19-23-20(24-28-19)15-9-7-8-14(2)12-15/h5-12,17H,4,13H2,1-3H3/t17-/m0/s1. The molecule has 1 heterocycles. The number of carbonyl (C=O) groups is 1. The van der Waals surface area contributed by atoms with Crippen molar-refractivity contribution in [3.05, 3.63) is 65.0 Å². The minimum Gasteiger partial charge on any atom is -0.479 e. The van der Waals surface area contributed by atoms with E-state index in [9.17, 15) is 4.79 Å². The largest absolute Gasteiger partial charge is 0.479 e. The van der Waals surface area contributed by atoms with Crippen LogP contribution >= 0.6 is 11.6 Å². The summed E-state index contributed by atoms with van der Waals surface area (Å²) in [6, 6.07) is 14.9. The maximum absolute atomic E-state index is 12.8. The molecular weight excluding hydrogens is 378 g/mol. The summed E-state index contributed by atoms with van der Waals surface area (Å²) in [5, 5.41) is 4.48. The van der Waals surface area contributed by atoms with Crippen molar-refractivity contribution in [1.82, 2.24) is 15.0 Å². The average molecular weight is 400 g/mol. The Bertz CT molecular complexity index is 957. The summed E-state index contributed by atoms with van der Waals surface area (Å²) in [4.78, 5) is 18.7. The maximum atomic E-state index is 12.8. The molecule has 0 aliphatic heterocycles. The van der Waals surface area contributed by atoms with E-state index in [4.69, 9.17) is 20.9 Å². The van der Waals surface area contributed by atoms with Gasteiger partial charge in [-0.15, -0.1) is 0 Å². The molecule has 3 rings (SSSR count). The number of ether oxygens (including phenoxy) is 1. The Morgan fingerprint density at radius 1 is 1.25 bits per heavy atom. The van der Waals surface area contributed by atoms with Gasteiger partial charge in [0.2, 0.25) is 11.7 Å². The molecule has 0 N–H and O–H groups in total. The number of hydrogen-bond donors (Lipinski definition) is 0. The molecule has 3 aromatic rings. The van der Waals surface area contributed by atoms with Crippen LogP contribution < -0.4 is 4.74 Å². The molecule has 0 bridgehead atoms. The number of halogens is 1. The third kappa shape index (κ3) is 4.70. The number of para-hydroxylation sites is 1. The van der Waals surface area contributed by atoms with Crippen molar-refractivity contribution < 1.29 is 14.1 Å². The van der Waals surface area contributed by atoms with Gasteiger partial charge in [-0.1, -0.05) is 59.6 Å². The quantitative estimate of drug-likeness (QED) is 0.584. The number of aryl methyl sites for hydroxylation is 1. The molecule has 0 saturated carbocycles. The van der Waals surface area contributed by atoms with Crippen LogP contribution in [0.5, 0.6) is 5.75 Å². The summed E-state index contributed by atoms with van der Waals surface area (Å²) in [5.41, 5.74) is 1.98. The van der Waals surface area contributed by atoms with Crippen LogP contribution in [0.15, 0.2) is 53.1 Å². The molecule has 0 aliphatic carbocycles. The SMILES string of the molecule is CC[C@H](Oc1ccccc1Cl)C(=O)N(C)Cc1nc(-c2cccc(C)c2)no1. The summed E-state index contributed by atoms with van der Waals surface area (Å²) in [7, 11) is 1.68. The van der Waals surface area contributed by atoms with Crippen LogP contribution in [0.25, 0.3) is 11.4 Å². The molecule has 7 heteroatoms. The molecule has 0 saturated heterocycles. The van der Waals surface area contributed by atoms with E-state index in [1.807, 2.05) is 50.2 Å². The highest BCUT2D eigenvalue weighted by Crippen LogP contribution is 2.25. The second-order valence-corrected chi connectivity index (χ2v) is 6.93. The molecule has 28 heavy (non-hydrogen) atoms. The Morgan fingerprint density at radius 2 is 2.04 bits per heavy atom. The first-order valence-electron chi connectivity index (χ1n) is 9.03. The van der Waals surface area contributed by atoms with Gasteiger partial charge in [0.25, 0.3) is 5.91 Å². The topological polar surface area (TPSA) is 68.5 Å². The van der Waals surface area contributed by atoms with E-state index in [1.54, 1.807) is 19.2 Å². The Hall–Kier alpha value is -2.86. The minimum absolute atomic E-state index is 0.183. The van der Waals surface area contributed by atoms with E-state index in [-0.39, 0.29) is 12.5 Å². The van der Waals surface area contributed by atoms with Crippen LogP contribution in [0, 0.1) is 6.92 Å². The highest BCUT2D eigenvalue weighted by molar-refractivity contribution is 6.32. The van der Waals surface area contributed by atoms with Gasteiger partial charge in [-0.25, -0.2) is 0 Å². The molecular formula is C21H22ClN3O3. The number of benzene rings is 2. The van der Waals surface area contributed by atoms with Crippen LogP contribution in [0.4, 0.5) is 0 Å². The number of nitrogens with zero attached hydrogens (tertiary/aromatic N) is 3. The van der Waals surface area contributed by atoms with E-state index >= 15 is 0 Å². The molecule has 0 fully saturated rings. The number of rotatable bonds is 7. The van der Waals surface area contributed by atoms with E-state index in [2.05, 4.69) is 10.1 Å². The molecule has 0 radical (unpaired) electrons. The van der Waals surface area contributed by atoms with Crippen molar-refractivity contribution in [2.45, 2.75) is 32.9 Å². The fourth-order valence-corrected chi connectivity index (χ4v) is 2.93. The molecule has 2 aromatic carbocycles. The van der Waals surface area contributed by atoms with Crippen molar-refractivity contribution in [1.29, 1.82) is 0 Å². The summed E-state index contributed by atoms with van der Waals surface area (Å²) in [6.07, 6.45) is -0.142. The van der Waals surface area contributed by atoms with Gasteiger partial charge in [0, 0.05) is 12.6 Å². The van der Waals surface area contributed by atoms with Gasteiger partial charge in [-0.05, 0) is 31.5 Å². The van der Waals surface area contributed by atoms with E-state index in [0.29, 0.717) is 28.9 Å². The zero-order chi connectivity index (χ0) is 20.1. The first-order valence-corrected chi connectivity index (χ1v) is 9.41. The fourth-order valence-electron chi connectivity index (χ4n) is 2.75. The summed E-state index contributed by atoms with van der Waals surface area (Å²) in [6.45, 7) is 4.08. The number of amides is 1. The Labute approximate surface area is 169 Å². The molecule has 0 aliphatic rings. The first-order chi connectivity index (χ1) is 13.5. The van der Waals surface area contributed by atoms with Gasteiger partial charge in [-0.2, -0.15) is 4.98 Å². The normalized spacial score (nSPS) is 11.9. The molecule has 0 unspecified atom stereocenters. The van der Waals surface area contributed by atoms with Crippen LogP contribution in [0.3, 0.4) is 0 Å². The molecule has 146 valence electrons. The second kappa shape index (κ2) is 8.89. The Kier molecular flexibility index (Phi) is 6.31. The lowest BCUT2D eigenvalue weighted by atomic mass is 10.1. The molecule has 1 aromatic heterocycles. The second-order valence-electron chi connectivity index (χ2n) is 6.52. The van der Waals surface area contributed by atoms with Crippen LogP contribution in [-0.4, -0.2) is 34.1 Å². The highest BCUT2D eigenvalue weighted by Gasteiger charge is 2.24. The third-order valence-corrected chi connectivity index (χ3v) is 4.56. The van der Waals surface area contributed by atoms with Gasteiger partial charge in [0.15, 0.2) is 6.10 Å². The fraction of sp³-hybridized carbons (Fsp3) is 0.286. The van der Waals surface area contributed by atoms with Gasteiger partial charge >= 0.3 is 0 Å². The van der Waals surface area contributed by atoms with Crippen molar-refractivity contribution in [3.63, 3.8) is 0 Å². The Balaban J connectivity index is 1.67. The lowest BCUT2D eigenvalue weighted by Gasteiger charge is -2.23. The number of likely N-dealkylation sites (N-methyl/N-ethyl adjacent to an activating group) is 1. The predicted octanol–water partition coefficient (Wildman–Crippen LogP) is 4.51. The minimum atomic E-state index is -0.649. The third-order valence-electron chi connectivity index (χ3n) is 4.25. The van der Waals surface area contributed by atoms with Crippen molar-refractivity contribution in [2.75, 3.05) is 7.05 Å². The smallest absolute Gasteiger partial charge is 0.263 e. The number of carbonyl (C=O) groups excluding carboxylic acids is 1. The summed E-state index contributed by atoms with van der Waals surface area (Å²) < 4.78 is 11.1. The van der Waals surface area contributed by atoms with E-state index in [0.717, 1.165) is 11.1 Å².